The van der Waals surface area contributed by atoms with Crippen LogP contribution in [-0.4, -0.2) is 55.6 Å². The normalized spacial score (nSPS) is 27.8. The Labute approximate surface area is 113 Å². The van der Waals surface area contributed by atoms with Crippen molar-refractivity contribution in [3.05, 3.63) is 0 Å². The number of hydrogen-bond acceptors (Lipinski definition) is 3. The highest BCUT2D eigenvalue weighted by Gasteiger charge is 2.25. The van der Waals surface area contributed by atoms with E-state index in [2.05, 4.69) is 16.8 Å². The highest BCUT2D eigenvalue weighted by atomic mass is 15.2. The molecule has 1 heterocycles. The minimum absolute atomic E-state index is 0.742. The Kier molecular flexibility index (Phi) is 5.93. The van der Waals surface area contributed by atoms with E-state index in [1.165, 1.54) is 64.6 Å². The Balaban J connectivity index is 1.75. The van der Waals surface area contributed by atoms with E-state index in [1.807, 2.05) is 0 Å². The Morgan fingerprint density at radius 2 is 1.89 bits per heavy atom. The lowest BCUT2D eigenvalue weighted by atomic mass is 9.88. The first kappa shape index (κ1) is 14.3. The average molecular weight is 253 g/mol. The fraction of sp³-hybridized carbons (Fsp3) is 1.00. The number of rotatable bonds is 5. The first-order valence-corrected chi connectivity index (χ1v) is 7.92. The molecular formula is C15H31N3. The standard InChI is InChI=1S/C15H31N3/c1-17(11-9-16)15-8-5-10-18(13-15)12-14-6-3-2-4-7-14/h14-15H,2-13,16H2,1H3. The minimum atomic E-state index is 0.742. The van der Waals surface area contributed by atoms with Crippen molar-refractivity contribution < 1.29 is 0 Å². The Hall–Kier alpha value is -0.120. The average Bonchev–Trinajstić information content (AvgIpc) is 2.40. The molecule has 2 rings (SSSR count). The molecule has 1 saturated heterocycles. The summed E-state index contributed by atoms with van der Waals surface area (Å²) >= 11 is 0. The Morgan fingerprint density at radius 3 is 2.61 bits per heavy atom. The molecule has 3 nitrogen and oxygen atoms in total. The molecule has 0 aromatic heterocycles. The summed E-state index contributed by atoms with van der Waals surface area (Å²) < 4.78 is 0. The lowest BCUT2D eigenvalue weighted by Crippen LogP contribution is -2.48. The SMILES string of the molecule is CN(CCN)C1CCCN(CC2CCCCC2)C1. The summed E-state index contributed by atoms with van der Waals surface area (Å²) in [6, 6.07) is 0.742. The zero-order chi connectivity index (χ0) is 12.8. The summed E-state index contributed by atoms with van der Waals surface area (Å²) in [6.45, 7) is 5.78. The van der Waals surface area contributed by atoms with E-state index in [0.717, 1.165) is 25.0 Å². The molecule has 0 radical (unpaired) electrons. The molecule has 0 bridgehead atoms. The third kappa shape index (κ3) is 4.22. The van der Waals surface area contributed by atoms with Crippen LogP contribution >= 0.6 is 0 Å². The van der Waals surface area contributed by atoms with E-state index in [1.54, 1.807) is 0 Å². The molecule has 1 aliphatic heterocycles. The molecule has 1 unspecified atom stereocenters. The van der Waals surface area contributed by atoms with Gasteiger partial charge in [-0.25, -0.2) is 0 Å². The van der Waals surface area contributed by atoms with Gasteiger partial charge >= 0.3 is 0 Å². The van der Waals surface area contributed by atoms with Gasteiger partial charge in [0, 0.05) is 32.2 Å². The third-order valence-electron chi connectivity index (χ3n) is 4.83. The van der Waals surface area contributed by atoms with Crippen LogP contribution in [0.15, 0.2) is 0 Å². The van der Waals surface area contributed by atoms with Crippen molar-refractivity contribution >= 4 is 0 Å². The predicted molar refractivity (Wildman–Crippen MR) is 77.7 cm³/mol. The molecule has 18 heavy (non-hydrogen) atoms. The first-order chi connectivity index (χ1) is 8.79. The summed E-state index contributed by atoms with van der Waals surface area (Å²) in [5, 5.41) is 0. The van der Waals surface area contributed by atoms with Crippen LogP contribution in [0.5, 0.6) is 0 Å². The number of piperidine rings is 1. The van der Waals surface area contributed by atoms with Gasteiger partial charge in [-0.3, -0.25) is 0 Å². The topological polar surface area (TPSA) is 32.5 Å². The molecule has 0 spiro atoms. The van der Waals surface area contributed by atoms with Gasteiger partial charge in [-0.05, 0) is 45.2 Å². The molecule has 2 aliphatic rings. The number of likely N-dealkylation sites (N-methyl/N-ethyl adjacent to an activating group) is 1. The molecule has 0 amide bonds. The zero-order valence-electron chi connectivity index (χ0n) is 12.1. The smallest absolute Gasteiger partial charge is 0.0221 e. The van der Waals surface area contributed by atoms with Crippen molar-refractivity contribution in [3.63, 3.8) is 0 Å². The quantitative estimate of drug-likeness (QED) is 0.812. The van der Waals surface area contributed by atoms with Crippen molar-refractivity contribution in [2.45, 2.75) is 51.0 Å². The summed E-state index contributed by atoms with van der Waals surface area (Å²) in [4.78, 5) is 5.18. The predicted octanol–water partition coefficient (Wildman–Crippen LogP) is 1.92. The maximum atomic E-state index is 5.66. The minimum Gasteiger partial charge on any atom is -0.329 e. The van der Waals surface area contributed by atoms with Gasteiger partial charge in [0.1, 0.15) is 0 Å². The number of likely N-dealkylation sites (tertiary alicyclic amines) is 1. The fourth-order valence-electron chi connectivity index (χ4n) is 3.68. The highest BCUT2D eigenvalue weighted by molar-refractivity contribution is 4.81. The van der Waals surface area contributed by atoms with Crippen LogP contribution in [0.1, 0.15) is 44.9 Å². The summed E-state index contributed by atoms with van der Waals surface area (Å²) in [7, 11) is 2.24. The summed E-state index contributed by atoms with van der Waals surface area (Å²) in [6.07, 6.45) is 10.1. The zero-order valence-corrected chi connectivity index (χ0v) is 12.1. The van der Waals surface area contributed by atoms with Crippen LogP contribution in [0.25, 0.3) is 0 Å². The fourth-order valence-corrected chi connectivity index (χ4v) is 3.68. The van der Waals surface area contributed by atoms with E-state index in [9.17, 15) is 0 Å². The van der Waals surface area contributed by atoms with Gasteiger partial charge in [-0.15, -0.1) is 0 Å². The van der Waals surface area contributed by atoms with E-state index in [4.69, 9.17) is 5.73 Å². The molecule has 0 aromatic carbocycles. The van der Waals surface area contributed by atoms with Gasteiger partial charge < -0.3 is 15.5 Å². The number of nitrogens with two attached hydrogens (primary N) is 1. The Morgan fingerprint density at radius 1 is 1.11 bits per heavy atom. The maximum Gasteiger partial charge on any atom is 0.0221 e. The van der Waals surface area contributed by atoms with E-state index >= 15 is 0 Å². The first-order valence-electron chi connectivity index (χ1n) is 7.92. The van der Waals surface area contributed by atoms with Crippen LogP contribution in [0, 0.1) is 5.92 Å². The summed E-state index contributed by atoms with van der Waals surface area (Å²) in [5.41, 5.74) is 5.66. The van der Waals surface area contributed by atoms with Gasteiger partial charge in [-0.1, -0.05) is 19.3 Å². The molecule has 1 aliphatic carbocycles. The monoisotopic (exact) mass is 253 g/mol. The van der Waals surface area contributed by atoms with Crippen LogP contribution < -0.4 is 5.73 Å². The van der Waals surface area contributed by atoms with Gasteiger partial charge in [0.05, 0.1) is 0 Å². The van der Waals surface area contributed by atoms with Crippen LogP contribution in [0.3, 0.4) is 0 Å². The molecule has 106 valence electrons. The van der Waals surface area contributed by atoms with Crippen molar-refractivity contribution in [2.75, 3.05) is 39.8 Å². The second kappa shape index (κ2) is 7.46. The second-order valence-corrected chi connectivity index (χ2v) is 6.33. The molecule has 1 atom stereocenters. The maximum absolute atomic E-state index is 5.66. The van der Waals surface area contributed by atoms with Gasteiger partial charge in [-0.2, -0.15) is 0 Å². The molecule has 0 aromatic rings. The van der Waals surface area contributed by atoms with Crippen molar-refractivity contribution in [1.29, 1.82) is 0 Å². The van der Waals surface area contributed by atoms with Crippen LogP contribution in [0.4, 0.5) is 0 Å². The van der Waals surface area contributed by atoms with Crippen molar-refractivity contribution in [3.8, 4) is 0 Å². The van der Waals surface area contributed by atoms with Crippen LogP contribution in [-0.2, 0) is 0 Å². The van der Waals surface area contributed by atoms with Crippen molar-refractivity contribution in [1.82, 2.24) is 9.80 Å². The number of nitrogens with zero attached hydrogens (tertiary/aromatic N) is 2. The lowest BCUT2D eigenvalue weighted by Gasteiger charge is -2.39. The largest absolute Gasteiger partial charge is 0.329 e. The molecule has 1 saturated carbocycles. The van der Waals surface area contributed by atoms with Gasteiger partial charge in [0.15, 0.2) is 0 Å². The van der Waals surface area contributed by atoms with E-state index < -0.39 is 0 Å². The molecule has 3 heteroatoms. The second-order valence-electron chi connectivity index (χ2n) is 6.33. The van der Waals surface area contributed by atoms with Gasteiger partial charge in [0.25, 0.3) is 0 Å². The molecule has 2 fully saturated rings. The molecule has 2 N–H and O–H groups in total. The van der Waals surface area contributed by atoms with Crippen LogP contribution in [0.2, 0.25) is 0 Å². The highest BCUT2D eigenvalue weighted by Crippen LogP contribution is 2.26. The van der Waals surface area contributed by atoms with E-state index in [-0.39, 0.29) is 0 Å². The Bertz CT molecular complexity index is 226. The lowest BCUT2D eigenvalue weighted by molar-refractivity contribution is 0.0987. The van der Waals surface area contributed by atoms with Gasteiger partial charge in [0.2, 0.25) is 0 Å². The van der Waals surface area contributed by atoms with Crippen molar-refractivity contribution in [2.24, 2.45) is 11.7 Å². The molecular weight excluding hydrogens is 222 g/mol. The third-order valence-corrected chi connectivity index (χ3v) is 4.83. The number of hydrogen-bond donors (Lipinski definition) is 1. The summed E-state index contributed by atoms with van der Waals surface area (Å²) in [5.74, 6) is 0.984. The van der Waals surface area contributed by atoms with E-state index in [0.29, 0.717) is 0 Å².